The Morgan fingerprint density at radius 3 is 3.17 bits per heavy atom. The van der Waals surface area contributed by atoms with Gasteiger partial charge in [0.1, 0.15) is 0 Å². The Labute approximate surface area is 108 Å². The van der Waals surface area contributed by atoms with E-state index in [1.54, 1.807) is 16.5 Å². The molecule has 1 aliphatic heterocycles. The standard InChI is InChI=1S/C11H15F2N3OS/c12-9(13)7-16-4-1-2-8(6-16)10(17)15-11-14-3-5-18-11/h3,5,8-9H,1-2,4,6-7H2,(H,14,15,17)/t8-/m1/s1. The zero-order chi connectivity index (χ0) is 13.0. The van der Waals surface area contributed by atoms with Crippen LogP contribution in [0.5, 0.6) is 0 Å². The normalized spacial score (nSPS) is 21.2. The maximum Gasteiger partial charge on any atom is 0.251 e. The molecule has 0 unspecified atom stereocenters. The van der Waals surface area contributed by atoms with Crippen LogP contribution >= 0.6 is 11.3 Å². The Hall–Kier alpha value is -1.08. The third-order valence-electron chi connectivity index (χ3n) is 2.93. The van der Waals surface area contributed by atoms with Crippen LogP contribution < -0.4 is 5.32 Å². The van der Waals surface area contributed by atoms with Crippen molar-refractivity contribution < 1.29 is 13.6 Å². The smallest absolute Gasteiger partial charge is 0.251 e. The summed E-state index contributed by atoms with van der Waals surface area (Å²) in [5.41, 5.74) is 0. The van der Waals surface area contributed by atoms with E-state index in [2.05, 4.69) is 10.3 Å². The van der Waals surface area contributed by atoms with Gasteiger partial charge in [0.15, 0.2) is 5.13 Å². The molecule has 2 heterocycles. The maximum absolute atomic E-state index is 12.3. The Bertz CT molecular complexity index is 386. The highest BCUT2D eigenvalue weighted by molar-refractivity contribution is 7.13. The number of aromatic nitrogens is 1. The predicted octanol–water partition coefficient (Wildman–Crippen LogP) is 2.06. The van der Waals surface area contributed by atoms with Crippen molar-refractivity contribution in [2.75, 3.05) is 25.0 Å². The van der Waals surface area contributed by atoms with E-state index in [0.29, 0.717) is 18.2 Å². The first-order valence-electron chi connectivity index (χ1n) is 5.86. The van der Waals surface area contributed by atoms with E-state index in [9.17, 15) is 13.6 Å². The van der Waals surface area contributed by atoms with E-state index >= 15 is 0 Å². The summed E-state index contributed by atoms with van der Waals surface area (Å²) in [5.74, 6) is -0.342. The Morgan fingerprint density at radius 2 is 2.50 bits per heavy atom. The van der Waals surface area contributed by atoms with Crippen LogP contribution in [0.25, 0.3) is 0 Å². The molecule has 1 N–H and O–H groups in total. The van der Waals surface area contributed by atoms with Gasteiger partial charge in [-0.2, -0.15) is 0 Å². The van der Waals surface area contributed by atoms with Crippen molar-refractivity contribution in [1.29, 1.82) is 0 Å². The highest BCUT2D eigenvalue weighted by Gasteiger charge is 2.27. The summed E-state index contributed by atoms with van der Waals surface area (Å²) < 4.78 is 24.6. The van der Waals surface area contributed by atoms with E-state index in [4.69, 9.17) is 0 Å². The molecule has 0 aromatic carbocycles. The quantitative estimate of drug-likeness (QED) is 0.915. The Kier molecular flexibility index (Phi) is 4.60. The van der Waals surface area contributed by atoms with Gasteiger partial charge in [-0.25, -0.2) is 13.8 Å². The third-order valence-corrected chi connectivity index (χ3v) is 3.62. The van der Waals surface area contributed by atoms with Crippen LogP contribution in [0.1, 0.15) is 12.8 Å². The van der Waals surface area contributed by atoms with Gasteiger partial charge in [-0.3, -0.25) is 9.69 Å². The fourth-order valence-electron chi connectivity index (χ4n) is 2.12. The van der Waals surface area contributed by atoms with E-state index in [1.165, 1.54) is 11.3 Å². The molecule has 1 atom stereocenters. The molecule has 1 amide bonds. The van der Waals surface area contributed by atoms with Gasteiger partial charge in [0.25, 0.3) is 6.43 Å². The van der Waals surface area contributed by atoms with E-state index in [-0.39, 0.29) is 18.4 Å². The number of rotatable bonds is 4. The van der Waals surface area contributed by atoms with Gasteiger partial charge >= 0.3 is 0 Å². The summed E-state index contributed by atoms with van der Waals surface area (Å²) in [6.45, 7) is 0.800. The molecule has 1 aromatic rings. The van der Waals surface area contributed by atoms with Crippen LogP contribution in [0.2, 0.25) is 0 Å². The molecular weight excluding hydrogens is 260 g/mol. The first-order chi connectivity index (χ1) is 8.65. The fourth-order valence-corrected chi connectivity index (χ4v) is 2.66. The van der Waals surface area contributed by atoms with Crippen molar-refractivity contribution in [3.8, 4) is 0 Å². The van der Waals surface area contributed by atoms with Gasteiger partial charge in [0.05, 0.1) is 12.5 Å². The van der Waals surface area contributed by atoms with Crippen molar-refractivity contribution >= 4 is 22.4 Å². The van der Waals surface area contributed by atoms with Gasteiger partial charge in [0.2, 0.25) is 5.91 Å². The van der Waals surface area contributed by atoms with Crippen LogP contribution in [0.4, 0.5) is 13.9 Å². The fraction of sp³-hybridized carbons (Fsp3) is 0.636. The number of nitrogens with one attached hydrogen (secondary N) is 1. The number of carbonyl (C=O) groups is 1. The Balaban J connectivity index is 1.86. The summed E-state index contributed by atoms with van der Waals surface area (Å²) in [6.07, 6.45) is 0.801. The van der Waals surface area contributed by atoms with Gasteiger partial charge in [-0.15, -0.1) is 11.3 Å². The van der Waals surface area contributed by atoms with Crippen LogP contribution in [0.3, 0.4) is 0 Å². The molecular formula is C11H15F2N3OS. The lowest BCUT2D eigenvalue weighted by Gasteiger charge is -2.31. The monoisotopic (exact) mass is 275 g/mol. The lowest BCUT2D eigenvalue weighted by molar-refractivity contribution is -0.121. The summed E-state index contributed by atoms with van der Waals surface area (Å²) in [7, 11) is 0. The largest absolute Gasteiger partial charge is 0.302 e. The number of piperidine rings is 1. The third kappa shape index (κ3) is 3.71. The molecule has 0 aliphatic carbocycles. The average molecular weight is 275 g/mol. The summed E-state index contributed by atoms with van der Waals surface area (Å²) in [6, 6.07) is 0. The van der Waals surface area contributed by atoms with Gasteiger partial charge < -0.3 is 5.32 Å². The van der Waals surface area contributed by atoms with E-state index in [0.717, 1.165) is 12.8 Å². The van der Waals surface area contributed by atoms with Gasteiger partial charge in [-0.05, 0) is 19.4 Å². The number of nitrogens with zero attached hydrogens (tertiary/aromatic N) is 2. The highest BCUT2D eigenvalue weighted by atomic mass is 32.1. The van der Waals surface area contributed by atoms with Crippen molar-refractivity contribution in [1.82, 2.24) is 9.88 Å². The van der Waals surface area contributed by atoms with Gasteiger partial charge in [0, 0.05) is 18.1 Å². The van der Waals surface area contributed by atoms with Crippen LogP contribution in [0.15, 0.2) is 11.6 Å². The second-order valence-electron chi connectivity index (χ2n) is 4.32. The summed E-state index contributed by atoms with van der Waals surface area (Å²) in [4.78, 5) is 17.6. The molecule has 1 aliphatic rings. The number of alkyl halides is 2. The molecule has 4 nitrogen and oxygen atoms in total. The molecule has 1 fully saturated rings. The molecule has 0 spiro atoms. The second-order valence-corrected chi connectivity index (χ2v) is 5.21. The van der Waals surface area contributed by atoms with Crippen molar-refractivity contribution in [3.05, 3.63) is 11.6 Å². The predicted molar refractivity (Wildman–Crippen MR) is 65.9 cm³/mol. The number of hydrogen-bond acceptors (Lipinski definition) is 4. The van der Waals surface area contributed by atoms with Crippen LogP contribution in [-0.2, 0) is 4.79 Å². The molecule has 7 heteroatoms. The SMILES string of the molecule is O=C(Nc1nccs1)[C@@H]1CCCN(CC(F)F)C1. The number of carbonyl (C=O) groups excluding carboxylic acids is 1. The minimum absolute atomic E-state index is 0.121. The van der Waals surface area contributed by atoms with Gasteiger partial charge in [-0.1, -0.05) is 0 Å². The first-order valence-corrected chi connectivity index (χ1v) is 6.74. The lowest BCUT2D eigenvalue weighted by Crippen LogP contribution is -2.42. The molecule has 0 bridgehead atoms. The van der Waals surface area contributed by atoms with E-state index in [1.807, 2.05) is 0 Å². The number of thiazole rings is 1. The van der Waals surface area contributed by atoms with Crippen molar-refractivity contribution in [3.63, 3.8) is 0 Å². The zero-order valence-corrected chi connectivity index (χ0v) is 10.6. The number of hydrogen-bond donors (Lipinski definition) is 1. The average Bonchev–Trinajstić information content (AvgIpc) is 2.81. The molecule has 0 saturated carbocycles. The molecule has 100 valence electrons. The van der Waals surface area contributed by atoms with Crippen molar-refractivity contribution in [2.45, 2.75) is 19.3 Å². The molecule has 1 saturated heterocycles. The molecule has 1 aromatic heterocycles. The number of likely N-dealkylation sites (tertiary alicyclic amines) is 1. The lowest BCUT2D eigenvalue weighted by atomic mass is 9.97. The van der Waals surface area contributed by atoms with Crippen LogP contribution in [0, 0.1) is 5.92 Å². The summed E-state index contributed by atoms with van der Waals surface area (Å²) in [5, 5.41) is 5.06. The maximum atomic E-state index is 12.3. The summed E-state index contributed by atoms with van der Waals surface area (Å²) >= 11 is 1.35. The molecule has 2 rings (SSSR count). The number of amides is 1. The highest BCUT2D eigenvalue weighted by Crippen LogP contribution is 2.20. The number of anilines is 1. The molecule has 0 radical (unpaired) electrons. The van der Waals surface area contributed by atoms with E-state index < -0.39 is 6.43 Å². The first kappa shape index (κ1) is 13.4. The van der Waals surface area contributed by atoms with Crippen molar-refractivity contribution in [2.24, 2.45) is 5.92 Å². The zero-order valence-electron chi connectivity index (χ0n) is 9.81. The minimum atomic E-state index is -2.34. The van der Waals surface area contributed by atoms with Crippen LogP contribution in [-0.4, -0.2) is 41.9 Å². The number of halogens is 2. The topological polar surface area (TPSA) is 45.2 Å². The second kappa shape index (κ2) is 6.19. The molecule has 18 heavy (non-hydrogen) atoms. The Morgan fingerprint density at radius 1 is 1.67 bits per heavy atom. The minimum Gasteiger partial charge on any atom is -0.302 e.